The monoisotopic (exact) mass is 429 g/mol. The summed E-state index contributed by atoms with van der Waals surface area (Å²) in [5.41, 5.74) is 1.38. The fourth-order valence-corrected chi connectivity index (χ4v) is 5.21. The van der Waals surface area contributed by atoms with Crippen molar-refractivity contribution in [3.8, 4) is 0 Å². The molecule has 4 rings (SSSR count). The molecule has 0 aromatic heterocycles. The lowest BCUT2D eigenvalue weighted by Crippen LogP contribution is -2.47. The molecule has 3 heteroatoms. The topological polar surface area (TPSA) is 37.4 Å². The van der Waals surface area contributed by atoms with Gasteiger partial charge in [0.05, 0.1) is 5.56 Å². The van der Waals surface area contributed by atoms with Crippen LogP contribution in [0.5, 0.6) is 0 Å². The van der Waals surface area contributed by atoms with Gasteiger partial charge < -0.3 is 0 Å². The summed E-state index contributed by atoms with van der Waals surface area (Å²) in [6.45, 7) is 4.42. The Bertz CT molecular complexity index is 1100. The number of imide groups is 1. The van der Waals surface area contributed by atoms with E-state index in [0.29, 0.717) is 11.1 Å². The molecule has 0 spiro atoms. The largest absolute Gasteiger partial charge is 0.271 e. The van der Waals surface area contributed by atoms with Gasteiger partial charge in [-0.25, -0.2) is 0 Å². The predicted octanol–water partition coefficient (Wildman–Crippen LogP) is 7.90. The highest BCUT2D eigenvalue weighted by Crippen LogP contribution is 2.37. The van der Waals surface area contributed by atoms with Gasteiger partial charge in [0.15, 0.2) is 0 Å². The van der Waals surface area contributed by atoms with Crippen LogP contribution < -0.4 is 0 Å². The third-order valence-corrected chi connectivity index (χ3v) is 6.92. The highest BCUT2D eigenvalue weighted by Gasteiger charge is 2.38. The van der Waals surface area contributed by atoms with Gasteiger partial charge in [-0.15, -0.1) is 0 Å². The molecule has 0 atom stereocenters. The van der Waals surface area contributed by atoms with Gasteiger partial charge in [0.2, 0.25) is 0 Å². The lowest BCUT2D eigenvalue weighted by molar-refractivity contribution is 0.0518. The predicted molar refractivity (Wildman–Crippen MR) is 133 cm³/mol. The summed E-state index contributed by atoms with van der Waals surface area (Å²) in [6.07, 6.45) is 11.0. The highest BCUT2D eigenvalue weighted by atomic mass is 16.2. The Labute approximate surface area is 191 Å². The van der Waals surface area contributed by atoms with Crippen LogP contribution in [0.1, 0.15) is 98.8 Å². The summed E-state index contributed by atoms with van der Waals surface area (Å²) < 4.78 is 0. The quantitative estimate of drug-likeness (QED) is 0.176. The standard InChI is InChI=1S/C29H35NO2/c1-3-5-7-9-16-23(17-10-8-6-4-2)30-28(31)25-19-13-15-22-20-21-14-11-12-18-24(21)27(26(22)25)29(30)32/h11-15,18-20,23H,3-10,16-17H2,1-2H3. The smallest absolute Gasteiger partial charge is 0.262 e. The van der Waals surface area contributed by atoms with Crippen molar-refractivity contribution in [3.63, 3.8) is 0 Å². The minimum absolute atomic E-state index is 0.0221. The maximum absolute atomic E-state index is 14.0. The van der Waals surface area contributed by atoms with Crippen molar-refractivity contribution in [1.82, 2.24) is 4.90 Å². The van der Waals surface area contributed by atoms with E-state index >= 15 is 0 Å². The van der Waals surface area contributed by atoms with E-state index in [1.807, 2.05) is 36.4 Å². The Morgan fingerprint density at radius 2 is 1.38 bits per heavy atom. The molecule has 1 aliphatic rings. The van der Waals surface area contributed by atoms with Crippen LogP contribution in [0.3, 0.4) is 0 Å². The minimum Gasteiger partial charge on any atom is -0.271 e. The third-order valence-electron chi connectivity index (χ3n) is 6.92. The first kappa shape index (κ1) is 22.5. The molecule has 1 aliphatic heterocycles. The van der Waals surface area contributed by atoms with Crippen LogP contribution in [-0.2, 0) is 0 Å². The summed E-state index contributed by atoms with van der Waals surface area (Å²) >= 11 is 0. The Kier molecular flexibility index (Phi) is 7.24. The number of unbranched alkanes of at least 4 members (excludes halogenated alkanes) is 6. The summed E-state index contributed by atoms with van der Waals surface area (Å²) in [4.78, 5) is 29.3. The van der Waals surface area contributed by atoms with E-state index in [2.05, 4.69) is 26.0 Å². The second kappa shape index (κ2) is 10.3. The van der Waals surface area contributed by atoms with Crippen LogP contribution in [0, 0.1) is 0 Å². The van der Waals surface area contributed by atoms with E-state index in [4.69, 9.17) is 0 Å². The third kappa shape index (κ3) is 4.30. The van der Waals surface area contributed by atoms with Gasteiger partial charge in [-0.05, 0) is 41.1 Å². The van der Waals surface area contributed by atoms with Gasteiger partial charge in [0.1, 0.15) is 0 Å². The number of rotatable bonds is 11. The zero-order chi connectivity index (χ0) is 22.5. The van der Waals surface area contributed by atoms with Gasteiger partial charge in [0.25, 0.3) is 11.8 Å². The van der Waals surface area contributed by atoms with E-state index < -0.39 is 0 Å². The summed E-state index contributed by atoms with van der Waals surface area (Å²) in [5.74, 6) is -0.217. The minimum atomic E-state index is -0.112. The fraction of sp³-hybridized carbons (Fsp3) is 0.448. The average molecular weight is 430 g/mol. The second-order valence-electron chi connectivity index (χ2n) is 9.21. The van der Waals surface area contributed by atoms with Crippen LogP contribution in [0.4, 0.5) is 0 Å². The first-order valence-electron chi connectivity index (χ1n) is 12.5. The van der Waals surface area contributed by atoms with Gasteiger partial charge in [-0.2, -0.15) is 0 Å². The number of hydrogen-bond donors (Lipinski definition) is 0. The lowest BCUT2D eigenvalue weighted by Gasteiger charge is -2.34. The van der Waals surface area contributed by atoms with Crippen molar-refractivity contribution in [2.75, 3.05) is 0 Å². The number of benzene rings is 3. The van der Waals surface area contributed by atoms with E-state index in [1.54, 1.807) is 4.90 Å². The molecule has 2 amide bonds. The lowest BCUT2D eigenvalue weighted by atomic mass is 9.88. The summed E-state index contributed by atoms with van der Waals surface area (Å²) in [6, 6.07) is 16.0. The van der Waals surface area contributed by atoms with Gasteiger partial charge in [-0.1, -0.05) is 102 Å². The Morgan fingerprint density at radius 3 is 2.06 bits per heavy atom. The van der Waals surface area contributed by atoms with Gasteiger partial charge in [-0.3, -0.25) is 14.5 Å². The zero-order valence-corrected chi connectivity index (χ0v) is 19.5. The van der Waals surface area contributed by atoms with Crippen molar-refractivity contribution in [2.45, 2.75) is 84.1 Å². The molecule has 168 valence electrons. The normalized spacial score (nSPS) is 13.7. The number of carbonyl (C=O) groups is 2. The molecule has 3 aromatic carbocycles. The van der Waals surface area contributed by atoms with Crippen molar-refractivity contribution in [1.29, 1.82) is 0 Å². The van der Waals surface area contributed by atoms with Gasteiger partial charge >= 0.3 is 0 Å². The van der Waals surface area contributed by atoms with Crippen molar-refractivity contribution >= 4 is 33.4 Å². The van der Waals surface area contributed by atoms with E-state index in [-0.39, 0.29) is 17.9 Å². The van der Waals surface area contributed by atoms with E-state index in [9.17, 15) is 9.59 Å². The first-order chi connectivity index (χ1) is 15.7. The molecular weight excluding hydrogens is 394 g/mol. The van der Waals surface area contributed by atoms with Crippen molar-refractivity contribution in [3.05, 3.63) is 59.7 Å². The molecule has 3 aromatic rings. The van der Waals surface area contributed by atoms with E-state index in [0.717, 1.165) is 60.1 Å². The SMILES string of the molecule is CCCCCCC(CCCCCC)N1C(=O)c2cccc3cc4ccccc4c(c23)C1=O. The van der Waals surface area contributed by atoms with Crippen LogP contribution in [-0.4, -0.2) is 22.8 Å². The van der Waals surface area contributed by atoms with E-state index in [1.165, 1.54) is 25.7 Å². The molecule has 0 radical (unpaired) electrons. The fourth-order valence-electron chi connectivity index (χ4n) is 5.21. The number of nitrogens with zero attached hydrogens (tertiary/aromatic N) is 1. The molecule has 0 aliphatic carbocycles. The highest BCUT2D eigenvalue weighted by molar-refractivity contribution is 6.30. The van der Waals surface area contributed by atoms with Crippen LogP contribution in [0.15, 0.2) is 48.5 Å². The molecule has 0 unspecified atom stereocenters. The average Bonchev–Trinajstić information content (AvgIpc) is 2.81. The second-order valence-corrected chi connectivity index (χ2v) is 9.21. The molecule has 0 N–H and O–H groups in total. The summed E-state index contributed by atoms with van der Waals surface area (Å²) in [5, 5.41) is 3.80. The number of hydrogen-bond acceptors (Lipinski definition) is 2. The molecule has 32 heavy (non-hydrogen) atoms. The van der Waals surface area contributed by atoms with Crippen LogP contribution in [0.25, 0.3) is 21.5 Å². The van der Waals surface area contributed by atoms with Crippen molar-refractivity contribution < 1.29 is 9.59 Å². The van der Waals surface area contributed by atoms with Crippen LogP contribution >= 0.6 is 0 Å². The molecule has 0 saturated carbocycles. The Balaban J connectivity index is 1.74. The molecule has 0 fully saturated rings. The molecule has 3 nitrogen and oxygen atoms in total. The number of carbonyl (C=O) groups excluding carboxylic acids is 2. The molecule has 1 heterocycles. The maximum atomic E-state index is 14.0. The maximum Gasteiger partial charge on any atom is 0.262 e. The van der Waals surface area contributed by atoms with Crippen LogP contribution in [0.2, 0.25) is 0 Å². The number of fused-ring (bicyclic) bond motifs is 2. The number of amides is 2. The zero-order valence-electron chi connectivity index (χ0n) is 19.5. The summed E-state index contributed by atoms with van der Waals surface area (Å²) in [7, 11) is 0. The van der Waals surface area contributed by atoms with Gasteiger partial charge in [0, 0.05) is 17.0 Å². The Hall–Kier alpha value is -2.68. The molecule has 0 bridgehead atoms. The van der Waals surface area contributed by atoms with Crippen molar-refractivity contribution in [2.24, 2.45) is 0 Å². The Morgan fingerprint density at radius 1 is 0.719 bits per heavy atom. The molecule has 0 saturated heterocycles. The first-order valence-corrected chi connectivity index (χ1v) is 12.5. The molecular formula is C29H35NO2.